The minimum absolute atomic E-state index is 0.0417. The maximum absolute atomic E-state index is 13.4. The minimum atomic E-state index is -0.429. The van der Waals surface area contributed by atoms with Crippen LogP contribution in [0.15, 0.2) is 24.3 Å². The number of ether oxygens (including phenoxy) is 2. The van der Waals surface area contributed by atoms with Crippen LogP contribution in [0.2, 0.25) is 0 Å². The van der Waals surface area contributed by atoms with Gasteiger partial charge >= 0.3 is 0 Å². The first kappa shape index (κ1) is 20.5. The van der Waals surface area contributed by atoms with Crippen LogP contribution in [-0.2, 0) is 14.3 Å². The lowest BCUT2D eigenvalue weighted by molar-refractivity contribution is -0.188. The van der Waals surface area contributed by atoms with Crippen molar-refractivity contribution in [3.63, 3.8) is 0 Å². The molecule has 7 heteroatoms. The van der Waals surface area contributed by atoms with Crippen molar-refractivity contribution >= 4 is 22.9 Å². The summed E-state index contributed by atoms with van der Waals surface area (Å²) in [6.45, 7) is 4.56. The first-order valence-corrected chi connectivity index (χ1v) is 12.5. The number of fused-ring (bicyclic) bond motifs is 1. The first-order chi connectivity index (χ1) is 15.7. The number of likely N-dealkylation sites (tertiary alicyclic amines) is 1. The molecule has 4 heterocycles. The molecule has 0 radical (unpaired) electrons. The number of hydrogen-bond acceptors (Lipinski definition) is 5. The van der Waals surface area contributed by atoms with E-state index < -0.39 is 5.79 Å². The Morgan fingerprint density at radius 3 is 2.50 bits per heavy atom. The Bertz CT molecular complexity index is 967. The standard InChI is InChI=1S/C25H34N4O3/c30-23(27-14-11-25(12-15-27)31-16-17-32-25)19-6-5-13-28(18-19)24-26-21-9-3-4-10-22(21)29(24)20-7-1-2-8-20/h3-4,9-10,19-20H,1-2,5-8,11-18H2. The molecule has 4 fully saturated rings. The van der Waals surface area contributed by atoms with E-state index in [-0.39, 0.29) is 5.92 Å². The van der Waals surface area contributed by atoms with Crippen molar-refractivity contribution in [1.82, 2.24) is 14.5 Å². The van der Waals surface area contributed by atoms with E-state index in [9.17, 15) is 4.79 Å². The highest BCUT2D eigenvalue weighted by molar-refractivity contribution is 5.81. The summed E-state index contributed by atoms with van der Waals surface area (Å²) in [5.74, 6) is 0.980. The fourth-order valence-electron chi connectivity index (χ4n) is 6.25. The van der Waals surface area contributed by atoms with Crippen LogP contribution >= 0.6 is 0 Å². The lowest BCUT2D eigenvalue weighted by atomic mass is 9.94. The van der Waals surface area contributed by atoms with Crippen molar-refractivity contribution in [2.45, 2.75) is 63.2 Å². The molecule has 1 spiro atoms. The van der Waals surface area contributed by atoms with E-state index >= 15 is 0 Å². The summed E-state index contributed by atoms with van der Waals surface area (Å²) in [4.78, 5) is 22.9. The second kappa shape index (κ2) is 8.34. The lowest BCUT2D eigenvalue weighted by Crippen LogP contribution is -2.51. The minimum Gasteiger partial charge on any atom is -0.347 e. The van der Waals surface area contributed by atoms with Gasteiger partial charge in [-0.2, -0.15) is 0 Å². The van der Waals surface area contributed by atoms with Gasteiger partial charge in [-0.3, -0.25) is 4.79 Å². The van der Waals surface area contributed by atoms with Crippen LogP contribution in [0.1, 0.15) is 57.4 Å². The molecule has 1 aromatic carbocycles. The number of hydrogen-bond donors (Lipinski definition) is 0. The second-order valence-corrected chi connectivity index (χ2v) is 9.93. The molecule has 1 unspecified atom stereocenters. The van der Waals surface area contributed by atoms with Crippen LogP contribution in [0.3, 0.4) is 0 Å². The average molecular weight is 439 g/mol. The van der Waals surface area contributed by atoms with Crippen LogP contribution in [0.4, 0.5) is 5.95 Å². The number of amides is 1. The van der Waals surface area contributed by atoms with Gasteiger partial charge in [-0.25, -0.2) is 4.98 Å². The molecule has 32 heavy (non-hydrogen) atoms. The van der Waals surface area contributed by atoms with Gasteiger partial charge in [-0.15, -0.1) is 0 Å². The summed E-state index contributed by atoms with van der Waals surface area (Å²) in [5, 5.41) is 0. The predicted molar refractivity (Wildman–Crippen MR) is 123 cm³/mol. The molecule has 0 N–H and O–H groups in total. The third-order valence-electron chi connectivity index (χ3n) is 7.97. The monoisotopic (exact) mass is 438 g/mol. The third kappa shape index (κ3) is 3.59. The van der Waals surface area contributed by atoms with E-state index in [2.05, 4.69) is 33.7 Å². The summed E-state index contributed by atoms with van der Waals surface area (Å²) < 4.78 is 14.2. The highest BCUT2D eigenvalue weighted by Crippen LogP contribution is 2.38. The van der Waals surface area contributed by atoms with Crippen molar-refractivity contribution in [2.75, 3.05) is 44.3 Å². The number of piperidine rings is 2. The summed E-state index contributed by atoms with van der Waals surface area (Å²) in [7, 11) is 0. The van der Waals surface area contributed by atoms with Crippen molar-refractivity contribution in [3.05, 3.63) is 24.3 Å². The van der Waals surface area contributed by atoms with Crippen LogP contribution in [0.25, 0.3) is 11.0 Å². The van der Waals surface area contributed by atoms with Gasteiger partial charge in [0.25, 0.3) is 0 Å². The Kier molecular flexibility index (Phi) is 5.34. The Morgan fingerprint density at radius 1 is 0.969 bits per heavy atom. The van der Waals surface area contributed by atoms with E-state index in [1.54, 1.807) is 0 Å². The largest absolute Gasteiger partial charge is 0.347 e. The van der Waals surface area contributed by atoms with Crippen LogP contribution in [0, 0.1) is 5.92 Å². The molecule has 6 rings (SSSR count). The number of carbonyl (C=O) groups is 1. The predicted octanol–water partition coefficient (Wildman–Crippen LogP) is 3.73. The molecular weight excluding hydrogens is 404 g/mol. The Hall–Kier alpha value is -2.12. The van der Waals surface area contributed by atoms with Gasteiger partial charge in [0.05, 0.1) is 30.2 Å². The van der Waals surface area contributed by atoms with Crippen LogP contribution in [0.5, 0.6) is 0 Å². The topological polar surface area (TPSA) is 59.8 Å². The Morgan fingerprint density at radius 2 is 1.72 bits per heavy atom. The Balaban J connectivity index is 1.20. The van der Waals surface area contributed by atoms with Crippen molar-refractivity contribution in [3.8, 4) is 0 Å². The molecular formula is C25H34N4O3. The Labute approximate surface area is 189 Å². The number of carbonyl (C=O) groups excluding carboxylic acids is 1. The second-order valence-electron chi connectivity index (χ2n) is 9.93. The fourth-order valence-corrected chi connectivity index (χ4v) is 6.25. The van der Waals surface area contributed by atoms with Gasteiger partial charge in [0.2, 0.25) is 11.9 Å². The summed E-state index contributed by atoms with van der Waals surface area (Å²) in [5.41, 5.74) is 2.31. The lowest BCUT2D eigenvalue weighted by Gasteiger charge is -2.40. The van der Waals surface area contributed by atoms with Gasteiger partial charge in [-0.05, 0) is 37.8 Å². The molecule has 2 aromatic rings. The zero-order chi connectivity index (χ0) is 21.5. The average Bonchev–Trinajstić information content (AvgIpc) is 3.59. The molecule has 7 nitrogen and oxygen atoms in total. The van der Waals surface area contributed by atoms with Crippen molar-refractivity contribution in [2.24, 2.45) is 5.92 Å². The quantitative estimate of drug-likeness (QED) is 0.731. The molecule has 3 saturated heterocycles. The third-order valence-corrected chi connectivity index (χ3v) is 7.97. The normalized spacial score (nSPS) is 26.4. The summed E-state index contributed by atoms with van der Waals surface area (Å²) >= 11 is 0. The number of nitrogens with zero attached hydrogens (tertiary/aromatic N) is 4. The van der Waals surface area contributed by atoms with Crippen LogP contribution in [-0.4, -0.2) is 65.5 Å². The zero-order valence-electron chi connectivity index (χ0n) is 18.9. The highest BCUT2D eigenvalue weighted by Gasteiger charge is 2.42. The fraction of sp³-hybridized carbons (Fsp3) is 0.680. The van der Waals surface area contributed by atoms with Gasteiger partial charge < -0.3 is 23.8 Å². The maximum Gasteiger partial charge on any atom is 0.227 e. The number of anilines is 1. The molecule has 3 aliphatic heterocycles. The van der Waals surface area contributed by atoms with Crippen LogP contribution < -0.4 is 4.90 Å². The maximum atomic E-state index is 13.4. The number of imidazole rings is 1. The van der Waals surface area contributed by atoms with Gasteiger partial charge in [0.1, 0.15) is 0 Å². The number of rotatable bonds is 3. The van der Waals surface area contributed by atoms with Gasteiger partial charge in [0, 0.05) is 45.1 Å². The molecule has 1 aliphatic carbocycles. The van der Waals surface area contributed by atoms with E-state index in [0.29, 0.717) is 25.2 Å². The number of aromatic nitrogens is 2. The SMILES string of the molecule is O=C(C1CCCN(c2nc3ccccc3n2C2CCCC2)C1)N1CCC2(CC1)OCCO2. The summed E-state index contributed by atoms with van der Waals surface area (Å²) in [6, 6.07) is 9.03. The molecule has 4 aliphatic rings. The molecule has 172 valence electrons. The van der Waals surface area contributed by atoms with E-state index in [0.717, 1.165) is 63.3 Å². The molecule has 1 saturated carbocycles. The molecule has 1 atom stereocenters. The highest BCUT2D eigenvalue weighted by atomic mass is 16.7. The van der Waals surface area contributed by atoms with Gasteiger partial charge in [-0.1, -0.05) is 25.0 Å². The molecule has 0 bridgehead atoms. The van der Waals surface area contributed by atoms with E-state index in [4.69, 9.17) is 14.5 Å². The molecule has 1 aromatic heterocycles. The smallest absolute Gasteiger partial charge is 0.227 e. The first-order valence-electron chi connectivity index (χ1n) is 12.5. The number of benzene rings is 1. The van der Waals surface area contributed by atoms with Crippen molar-refractivity contribution < 1.29 is 14.3 Å². The van der Waals surface area contributed by atoms with Gasteiger partial charge in [0.15, 0.2) is 5.79 Å². The zero-order valence-corrected chi connectivity index (χ0v) is 18.9. The summed E-state index contributed by atoms with van der Waals surface area (Å²) in [6.07, 6.45) is 8.61. The molecule has 1 amide bonds. The van der Waals surface area contributed by atoms with E-state index in [1.165, 1.54) is 31.2 Å². The number of para-hydroxylation sites is 2. The van der Waals surface area contributed by atoms with E-state index in [1.807, 2.05) is 4.90 Å². The van der Waals surface area contributed by atoms with Crippen molar-refractivity contribution in [1.29, 1.82) is 0 Å².